The van der Waals surface area contributed by atoms with Crippen molar-refractivity contribution in [1.29, 1.82) is 0 Å². The number of carbonyl (C=O) groups excluding carboxylic acids is 2. The molecular weight excluding hydrogens is 262 g/mol. The fourth-order valence-corrected chi connectivity index (χ4v) is 1.62. The number of nitrogens with one attached hydrogen (secondary N) is 2. The van der Waals surface area contributed by atoms with Gasteiger partial charge in [-0.25, -0.2) is 9.59 Å². The van der Waals surface area contributed by atoms with Gasteiger partial charge in [0.15, 0.2) is 0 Å². The van der Waals surface area contributed by atoms with Gasteiger partial charge in [-0.1, -0.05) is 20.8 Å². The Morgan fingerprint density at radius 2 is 1.75 bits per heavy atom. The minimum atomic E-state index is -1.10. The van der Waals surface area contributed by atoms with Crippen LogP contribution in [0, 0.1) is 5.41 Å². The molecule has 7 nitrogen and oxygen atoms in total. The van der Waals surface area contributed by atoms with Gasteiger partial charge in [0.25, 0.3) is 0 Å². The number of hydrogen-bond acceptors (Lipinski definition) is 3. The highest BCUT2D eigenvalue weighted by molar-refractivity contribution is 5.87. The zero-order valence-electron chi connectivity index (χ0n) is 12.8. The molecule has 0 aromatic heterocycles. The molecule has 3 amide bonds. The quantitative estimate of drug-likeness (QED) is 0.668. The lowest BCUT2D eigenvalue weighted by molar-refractivity contribution is -0.142. The minimum absolute atomic E-state index is 0.0906. The lowest BCUT2D eigenvalue weighted by Gasteiger charge is -2.30. The van der Waals surface area contributed by atoms with Crippen molar-refractivity contribution in [2.75, 3.05) is 19.6 Å². The summed E-state index contributed by atoms with van der Waals surface area (Å²) in [7, 11) is 0. The molecule has 0 aliphatic rings. The molecule has 3 N–H and O–H groups in total. The van der Waals surface area contributed by atoms with E-state index in [0.717, 1.165) is 0 Å². The molecule has 0 bridgehead atoms. The predicted octanol–water partition coefficient (Wildman–Crippen LogP) is 0.653. The van der Waals surface area contributed by atoms with E-state index in [4.69, 9.17) is 5.11 Å². The van der Waals surface area contributed by atoms with Crippen LogP contribution >= 0.6 is 0 Å². The van der Waals surface area contributed by atoms with Crippen LogP contribution in [0.3, 0.4) is 0 Å². The molecule has 0 radical (unpaired) electrons. The zero-order chi connectivity index (χ0) is 15.9. The maximum atomic E-state index is 12.0. The molecule has 0 aromatic carbocycles. The van der Waals surface area contributed by atoms with E-state index < -0.39 is 23.5 Å². The summed E-state index contributed by atoms with van der Waals surface area (Å²) in [4.78, 5) is 36.0. The van der Waals surface area contributed by atoms with Crippen LogP contribution in [0.15, 0.2) is 0 Å². The molecule has 0 fully saturated rings. The third kappa shape index (κ3) is 5.90. The summed E-state index contributed by atoms with van der Waals surface area (Å²) in [6, 6.07) is -1.57. The van der Waals surface area contributed by atoms with Crippen LogP contribution < -0.4 is 10.6 Å². The number of carboxylic acid groups (broad SMARTS) is 1. The smallest absolute Gasteiger partial charge is 0.326 e. The van der Waals surface area contributed by atoms with E-state index in [-0.39, 0.29) is 12.5 Å². The molecule has 0 aliphatic heterocycles. The first kappa shape index (κ1) is 18.2. The van der Waals surface area contributed by atoms with Crippen molar-refractivity contribution in [3.63, 3.8) is 0 Å². The van der Waals surface area contributed by atoms with Crippen molar-refractivity contribution >= 4 is 17.9 Å². The SMILES string of the molecule is CCNC(=O)CN(CC)C(=O)NC(C(=O)O)C(C)(C)C. The molecule has 0 saturated carbocycles. The second kappa shape index (κ2) is 7.72. The Balaban J connectivity index is 4.76. The largest absolute Gasteiger partial charge is 0.480 e. The molecule has 0 aromatic rings. The van der Waals surface area contributed by atoms with E-state index in [2.05, 4.69) is 10.6 Å². The molecular formula is C13H25N3O4. The highest BCUT2D eigenvalue weighted by Gasteiger charge is 2.33. The minimum Gasteiger partial charge on any atom is -0.480 e. The molecule has 0 heterocycles. The van der Waals surface area contributed by atoms with Crippen molar-refractivity contribution in [1.82, 2.24) is 15.5 Å². The zero-order valence-corrected chi connectivity index (χ0v) is 12.8. The van der Waals surface area contributed by atoms with Crippen LogP contribution in [-0.4, -0.2) is 53.6 Å². The lowest BCUT2D eigenvalue weighted by atomic mass is 9.87. The van der Waals surface area contributed by atoms with Gasteiger partial charge in [-0.3, -0.25) is 4.79 Å². The summed E-state index contributed by atoms with van der Waals surface area (Å²) in [6.45, 7) is 9.41. The maximum absolute atomic E-state index is 12.0. The topological polar surface area (TPSA) is 98.7 Å². The number of urea groups is 1. The Morgan fingerprint density at radius 3 is 2.10 bits per heavy atom. The first-order valence-electron chi connectivity index (χ1n) is 6.68. The standard InChI is InChI=1S/C13H25N3O4/c1-6-14-9(17)8-16(7-2)12(20)15-10(11(18)19)13(3,4)5/h10H,6-8H2,1-5H3,(H,14,17)(H,15,20)(H,18,19). The molecule has 1 unspecified atom stereocenters. The number of aliphatic carboxylic acids is 1. The maximum Gasteiger partial charge on any atom is 0.326 e. The van der Waals surface area contributed by atoms with Crippen molar-refractivity contribution in [2.45, 2.75) is 40.7 Å². The molecule has 0 saturated heterocycles. The van der Waals surface area contributed by atoms with Gasteiger partial charge in [0.2, 0.25) is 5.91 Å². The molecule has 0 rings (SSSR count). The van der Waals surface area contributed by atoms with E-state index in [9.17, 15) is 14.4 Å². The van der Waals surface area contributed by atoms with E-state index in [1.165, 1.54) is 4.90 Å². The van der Waals surface area contributed by atoms with Gasteiger partial charge in [0.05, 0.1) is 0 Å². The first-order valence-corrected chi connectivity index (χ1v) is 6.68. The fraction of sp³-hybridized carbons (Fsp3) is 0.769. The normalized spacial score (nSPS) is 12.4. The number of likely N-dealkylation sites (N-methyl/N-ethyl adjacent to an activating group) is 2. The predicted molar refractivity (Wildman–Crippen MR) is 75.3 cm³/mol. The second-order valence-electron chi connectivity index (χ2n) is 5.55. The summed E-state index contributed by atoms with van der Waals surface area (Å²) in [6.07, 6.45) is 0. The van der Waals surface area contributed by atoms with Crippen LogP contribution in [0.5, 0.6) is 0 Å². The van der Waals surface area contributed by atoms with E-state index in [1.54, 1.807) is 34.6 Å². The van der Waals surface area contributed by atoms with Gasteiger partial charge in [-0.05, 0) is 19.3 Å². The summed E-state index contributed by atoms with van der Waals surface area (Å²) in [5.41, 5.74) is -0.618. The highest BCUT2D eigenvalue weighted by atomic mass is 16.4. The van der Waals surface area contributed by atoms with Crippen molar-refractivity contribution in [3.8, 4) is 0 Å². The van der Waals surface area contributed by atoms with Crippen molar-refractivity contribution < 1.29 is 19.5 Å². The number of amides is 3. The molecule has 116 valence electrons. The highest BCUT2D eigenvalue weighted by Crippen LogP contribution is 2.19. The van der Waals surface area contributed by atoms with Gasteiger partial charge in [0.1, 0.15) is 12.6 Å². The number of nitrogens with zero attached hydrogens (tertiary/aromatic N) is 1. The van der Waals surface area contributed by atoms with E-state index in [1.807, 2.05) is 0 Å². The number of hydrogen-bond donors (Lipinski definition) is 3. The van der Waals surface area contributed by atoms with Crippen LogP contribution in [0.4, 0.5) is 4.79 Å². The van der Waals surface area contributed by atoms with Gasteiger partial charge < -0.3 is 20.6 Å². The Kier molecular flexibility index (Phi) is 7.02. The van der Waals surface area contributed by atoms with Gasteiger partial charge >= 0.3 is 12.0 Å². The summed E-state index contributed by atoms with van der Waals surface area (Å²) >= 11 is 0. The Bertz CT molecular complexity index is 363. The number of carboxylic acids is 1. The van der Waals surface area contributed by atoms with Crippen LogP contribution in [0.2, 0.25) is 0 Å². The Morgan fingerprint density at radius 1 is 1.20 bits per heavy atom. The average Bonchev–Trinajstić information content (AvgIpc) is 2.31. The first-order chi connectivity index (χ1) is 9.13. The molecule has 1 atom stereocenters. The van der Waals surface area contributed by atoms with Gasteiger partial charge in [0, 0.05) is 13.1 Å². The van der Waals surface area contributed by atoms with Crippen molar-refractivity contribution in [3.05, 3.63) is 0 Å². The third-order valence-electron chi connectivity index (χ3n) is 2.76. The molecule has 0 aliphatic carbocycles. The molecule has 20 heavy (non-hydrogen) atoms. The summed E-state index contributed by atoms with van der Waals surface area (Å²) < 4.78 is 0. The van der Waals surface area contributed by atoms with Crippen LogP contribution in [-0.2, 0) is 9.59 Å². The Labute approximate surface area is 119 Å². The molecule has 7 heteroatoms. The van der Waals surface area contributed by atoms with Crippen LogP contribution in [0.25, 0.3) is 0 Å². The van der Waals surface area contributed by atoms with Gasteiger partial charge in [-0.15, -0.1) is 0 Å². The van der Waals surface area contributed by atoms with E-state index >= 15 is 0 Å². The summed E-state index contributed by atoms with van der Waals surface area (Å²) in [5, 5.41) is 14.2. The Hall–Kier alpha value is -1.79. The second-order valence-corrected chi connectivity index (χ2v) is 5.55. The fourth-order valence-electron chi connectivity index (χ4n) is 1.62. The molecule has 0 spiro atoms. The van der Waals surface area contributed by atoms with Gasteiger partial charge in [-0.2, -0.15) is 0 Å². The van der Waals surface area contributed by atoms with Crippen LogP contribution in [0.1, 0.15) is 34.6 Å². The monoisotopic (exact) mass is 287 g/mol. The number of rotatable bonds is 6. The van der Waals surface area contributed by atoms with E-state index in [0.29, 0.717) is 13.1 Å². The van der Waals surface area contributed by atoms with Crippen molar-refractivity contribution in [2.24, 2.45) is 5.41 Å². The third-order valence-corrected chi connectivity index (χ3v) is 2.76. The lowest BCUT2D eigenvalue weighted by Crippen LogP contribution is -2.54. The average molecular weight is 287 g/mol. The summed E-state index contributed by atoms with van der Waals surface area (Å²) in [5.74, 6) is -1.37. The number of carbonyl (C=O) groups is 3.